The molecule has 7 heteroatoms. The Labute approximate surface area is 160 Å². The number of aryl methyl sites for hydroxylation is 1. The number of nitrogens with zero attached hydrogens (tertiary/aromatic N) is 3. The fourth-order valence-electron chi connectivity index (χ4n) is 3.35. The van der Waals surface area contributed by atoms with Crippen LogP contribution < -0.4 is 14.8 Å². The summed E-state index contributed by atoms with van der Waals surface area (Å²) < 4.78 is 27.7. The number of hydrogen-bond donors (Lipinski definition) is 1. The number of anilines is 2. The van der Waals surface area contributed by atoms with Crippen LogP contribution in [0.5, 0.6) is 11.5 Å². The smallest absolute Gasteiger partial charge is 0.163 e. The molecule has 0 spiro atoms. The quantitative estimate of drug-likeness (QED) is 0.576. The molecule has 1 aromatic carbocycles. The summed E-state index contributed by atoms with van der Waals surface area (Å²) in [5.74, 6) is 1.60. The highest BCUT2D eigenvalue weighted by molar-refractivity contribution is 5.79. The molecule has 1 aliphatic heterocycles. The summed E-state index contributed by atoms with van der Waals surface area (Å²) in [6.07, 6.45) is 1.56. The maximum Gasteiger partial charge on any atom is 0.163 e. The topological polar surface area (TPSA) is 60.7 Å². The zero-order valence-electron chi connectivity index (χ0n) is 15.1. The third kappa shape index (κ3) is 2.72. The first kappa shape index (κ1) is 16.6. The number of fused-ring (bicyclic) bond motifs is 2. The lowest BCUT2D eigenvalue weighted by Gasteiger charge is -2.19. The molecule has 28 heavy (non-hydrogen) atoms. The Morgan fingerprint density at radius 1 is 1.00 bits per heavy atom. The largest absolute Gasteiger partial charge is 0.486 e. The van der Waals surface area contributed by atoms with E-state index in [1.165, 1.54) is 6.07 Å². The molecule has 0 radical (unpaired) electrons. The number of nitrogens with one attached hydrogen (secondary N) is 1. The molecule has 140 valence electrons. The van der Waals surface area contributed by atoms with E-state index in [0.717, 1.165) is 11.4 Å². The molecule has 0 aliphatic carbocycles. The van der Waals surface area contributed by atoms with Gasteiger partial charge in [0.05, 0.1) is 0 Å². The van der Waals surface area contributed by atoms with Crippen LogP contribution in [0.15, 0.2) is 54.7 Å². The number of aromatic nitrogens is 3. The molecule has 4 heterocycles. The molecule has 4 aromatic rings. The third-order valence-corrected chi connectivity index (χ3v) is 4.63. The maximum atomic E-state index is 14.5. The van der Waals surface area contributed by atoms with Gasteiger partial charge in [-0.1, -0.05) is 6.07 Å². The van der Waals surface area contributed by atoms with E-state index in [2.05, 4.69) is 15.3 Å². The Bertz CT molecular complexity index is 1190. The lowest BCUT2D eigenvalue weighted by atomic mass is 10.2. The van der Waals surface area contributed by atoms with Crippen molar-refractivity contribution in [1.82, 2.24) is 14.4 Å². The molecule has 6 nitrogen and oxygen atoms in total. The predicted molar refractivity (Wildman–Crippen MR) is 104 cm³/mol. The molecule has 0 saturated heterocycles. The van der Waals surface area contributed by atoms with Crippen molar-refractivity contribution in [1.29, 1.82) is 0 Å². The van der Waals surface area contributed by atoms with E-state index >= 15 is 0 Å². The van der Waals surface area contributed by atoms with Crippen molar-refractivity contribution in [3.05, 3.63) is 66.2 Å². The molecule has 1 aliphatic rings. The van der Waals surface area contributed by atoms with E-state index in [4.69, 9.17) is 9.47 Å². The highest BCUT2D eigenvalue weighted by atomic mass is 19.1. The third-order valence-electron chi connectivity index (χ3n) is 4.63. The van der Waals surface area contributed by atoms with Crippen LogP contribution in [0.3, 0.4) is 0 Å². The highest BCUT2D eigenvalue weighted by Gasteiger charge is 2.20. The van der Waals surface area contributed by atoms with Crippen LogP contribution in [0.1, 0.15) is 5.69 Å². The Balaban J connectivity index is 1.67. The monoisotopic (exact) mass is 376 g/mol. The van der Waals surface area contributed by atoms with Gasteiger partial charge in [-0.3, -0.25) is 9.38 Å². The molecule has 1 N–H and O–H groups in total. The van der Waals surface area contributed by atoms with E-state index in [-0.39, 0.29) is 5.69 Å². The number of rotatable bonds is 3. The van der Waals surface area contributed by atoms with Crippen LogP contribution in [0, 0.1) is 12.7 Å². The summed E-state index contributed by atoms with van der Waals surface area (Å²) in [5.41, 5.74) is 3.10. The second kappa shape index (κ2) is 6.53. The molecule has 0 saturated carbocycles. The second-order valence-electron chi connectivity index (χ2n) is 6.49. The number of pyridine rings is 2. The van der Waals surface area contributed by atoms with Crippen LogP contribution in [0.2, 0.25) is 0 Å². The number of imidazole rings is 1. The van der Waals surface area contributed by atoms with Gasteiger partial charge in [0, 0.05) is 23.6 Å². The predicted octanol–water partition coefficient (Wildman–Crippen LogP) is 4.36. The summed E-state index contributed by atoms with van der Waals surface area (Å²) in [4.78, 5) is 8.84. The van der Waals surface area contributed by atoms with E-state index in [9.17, 15) is 4.39 Å². The van der Waals surface area contributed by atoms with Crippen LogP contribution in [-0.2, 0) is 0 Å². The molecular formula is C21H17FN4O2. The minimum atomic E-state index is -0.422. The van der Waals surface area contributed by atoms with Crippen LogP contribution in [0.25, 0.3) is 17.0 Å². The van der Waals surface area contributed by atoms with Gasteiger partial charge in [-0.2, -0.15) is 0 Å². The van der Waals surface area contributed by atoms with Gasteiger partial charge in [0.25, 0.3) is 0 Å². The minimum Gasteiger partial charge on any atom is -0.486 e. The summed E-state index contributed by atoms with van der Waals surface area (Å²) in [5, 5.41) is 3.37. The molecule has 5 rings (SSSR count). The number of benzene rings is 1. The summed E-state index contributed by atoms with van der Waals surface area (Å²) in [7, 11) is 0. The lowest BCUT2D eigenvalue weighted by molar-refractivity contribution is 0.171. The molecule has 0 bridgehead atoms. The van der Waals surface area contributed by atoms with Crippen LogP contribution in [0.4, 0.5) is 15.9 Å². The molecule has 0 amide bonds. The van der Waals surface area contributed by atoms with Crippen molar-refractivity contribution in [2.45, 2.75) is 6.92 Å². The van der Waals surface area contributed by atoms with Gasteiger partial charge in [0.2, 0.25) is 0 Å². The average Bonchev–Trinajstić information content (AvgIpc) is 3.08. The first-order valence-corrected chi connectivity index (χ1v) is 8.96. The van der Waals surface area contributed by atoms with Crippen molar-refractivity contribution in [3.8, 4) is 22.9 Å². The van der Waals surface area contributed by atoms with Gasteiger partial charge >= 0.3 is 0 Å². The van der Waals surface area contributed by atoms with Crippen LogP contribution >= 0.6 is 0 Å². The van der Waals surface area contributed by atoms with E-state index < -0.39 is 5.82 Å². The number of halogens is 1. The van der Waals surface area contributed by atoms with Gasteiger partial charge < -0.3 is 14.8 Å². The Kier molecular flexibility index (Phi) is 3.86. The Morgan fingerprint density at radius 2 is 1.86 bits per heavy atom. The fraction of sp³-hybridized carbons (Fsp3) is 0.143. The molecule has 0 fully saturated rings. The second-order valence-corrected chi connectivity index (χ2v) is 6.49. The van der Waals surface area contributed by atoms with E-state index in [1.54, 1.807) is 12.3 Å². The average molecular weight is 376 g/mol. The van der Waals surface area contributed by atoms with Gasteiger partial charge in [-0.05, 0) is 43.3 Å². The molecule has 0 unspecified atom stereocenters. The van der Waals surface area contributed by atoms with Crippen molar-refractivity contribution < 1.29 is 13.9 Å². The lowest BCUT2D eigenvalue weighted by Crippen LogP contribution is -2.15. The summed E-state index contributed by atoms with van der Waals surface area (Å²) in [6.45, 7) is 3.02. The minimum absolute atomic E-state index is 0.200. The summed E-state index contributed by atoms with van der Waals surface area (Å²) >= 11 is 0. The first-order valence-electron chi connectivity index (χ1n) is 8.96. The van der Waals surface area contributed by atoms with Gasteiger partial charge in [-0.15, -0.1) is 0 Å². The SMILES string of the molecule is Cc1cccc2nc(-c3ncccc3F)c(Nc3ccc4c(c3)OCCO4)n12. The first-order chi connectivity index (χ1) is 13.7. The van der Waals surface area contributed by atoms with Gasteiger partial charge in [-0.25, -0.2) is 9.37 Å². The fourth-order valence-corrected chi connectivity index (χ4v) is 3.35. The number of hydrogen-bond acceptors (Lipinski definition) is 5. The van der Waals surface area contributed by atoms with Gasteiger partial charge in [0.1, 0.15) is 36.1 Å². The van der Waals surface area contributed by atoms with Crippen LogP contribution in [-0.4, -0.2) is 27.6 Å². The Hall–Kier alpha value is -3.61. The standard InChI is InChI=1S/C21H17FN4O2/c1-13-4-2-6-18-25-20(19-15(22)5-3-9-23-19)21(26(13)18)24-14-7-8-16-17(12-14)28-11-10-27-16/h2-9,12,24H,10-11H2,1H3. The normalized spacial score (nSPS) is 12.9. The molecular weight excluding hydrogens is 359 g/mol. The molecule has 0 atom stereocenters. The molecule has 3 aromatic heterocycles. The van der Waals surface area contributed by atoms with E-state index in [0.29, 0.717) is 41.9 Å². The van der Waals surface area contributed by atoms with E-state index in [1.807, 2.05) is 47.7 Å². The summed E-state index contributed by atoms with van der Waals surface area (Å²) in [6, 6.07) is 14.3. The zero-order valence-corrected chi connectivity index (χ0v) is 15.1. The van der Waals surface area contributed by atoms with Crippen molar-refractivity contribution in [3.63, 3.8) is 0 Å². The van der Waals surface area contributed by atoms with Crippen molar-refractivity contribution in [2.24, 2.45) is 0 Å². The maximum absolute atomic E-state index is 14.5. The van der Waals surface area contributed by atoms with Gasteiger partial charge in [0.15, 0.2) is 17.3 Å². The highest BCUT2D eigenvalue weighted by Crippen LogP contribution is 2.36. The number of ether oxygens (including phenoxy) is 2. The van der Waals surface area contributed by atoms with Crippen molar-refractivity contribution in [2.75, 3.05) is 18.5 Å². The van der Waals surface area contributed by atoms with Crippen molar-refractivity contribution >= 4 is 17.2 Å². The Morgan fingerprint density at radius 3 is 2.71 bits per heavy atom. The zero-order chi connectivity index (χ0) is 19.1.